The van der Waals surface area contributed by atoms with Gasteiger partial charge in [0.05, 0.1) is 12.5 Å². The minimum Gasteiger partial charge on any atom is -0.465 e. The summed E-state index contributed by atoms with van der Waals surface area (Å²) in [6.45, 7) is 15.3. The molecule has 1 aliphatic heterocycles. The molecule has 198 valence electrons. The summed E-state index contributed by atoms with van der Waals surface area (Å²) in [7, 11) is 0. The second-order valence-corrected chi connectivity index (χ2v) is 12.5. The largest absolute Gasteiger partial charge is 0.465 e. The molecule has 5 atom stereocenters. The fraction of sp³-hybridized carbons (Fsp3) is 0.667. The van der Waals surface area contributed by atoms with Crippen LogP contribution < -0.4 is 5.32 Å². The third-order valence-electron chi connectivity index (χ3n) is 7.95. The van der Waals surface area contributed by atoms with Crippen LogP contribution in [0.1, 0.15) is 71.9 Å². The van der Waals surface area contributed by atoms with Gasteiger partial charge in [-0.2, -0.15) is 0 Å². The van der Waals surface area contributed by atoms with Crippen LogP contribution in [0.3, 0.4) is 0 Å². The van der Waals surface area contributed by atoms with Crippen molar-refractivity contribution in [3.8, 4) is 0 Å². The van der Waals surface area contributed by atoms with Crippen LogP contribution in [0.2, 0.25) is 0 Å². The molecule has 1 aromatic carbocycles. The maximum atomic E-state index is 13.1. The van der Waals surface area contributed by atoms with Crippen molar-refractivity contribution < 1.29 is 19.1 Å². The van der Waals surface area contributed by atoms with Gasteiger partial charge in [-0.3, -0.25) is 4.79 Å². The zero-order chi connectivity index (χ0) is 26.1. The monoisotopic (exact) mass is 496 g/mol. The summed E-state index contributed by atoms with van der Waals surface area (Å²) in [4.78, 5) is 27.8. The van der Waals surface area contributed by atoms with Crippen LogP contribution in [0.4, 0.5) is 4.79 Å². The Labute approximate surface area is 216 Å². The molecule has 1 aromatic rings. The number of rotatable bonds is 8. The second-order valence-electron chi connectivity index (χ2n) is 12.5. The first kappa shape index (κ1) is 26.7. The van der Waals surface area contributed by atoms with E-state index in [0.717, 1.165) is 38.9 Å². The molecule has 1 amide bonds. The Morgan fingerprint density at radius 1 is 1.22 bits per heavy atom. The average Bonchev–Trinajstić information content (AvgIpc) is 3.43. The normalized spacial score (nSPS) is 28.1. The molecular weight excluding hydrogens is 452 g/mol. The number of allylic oxidation sites excluding steroid dienone is 1. The number of nitrogens with zero attached hydrogens (tertiary/aromatic N) is 1. The molecule has 0 bridgehead atoms. The maximum Gasteiger partial charge on any atom is 0.407 e. The van der Waals surface area contributed by atoms with E-state index in [1.54, 1.807) is 0 Å². The first-order chi connectivity index (χ1) is 17.0. The van der Waals surface area contributed by atoms with Gasteiger partial charge in [-0.15, -0.1) is 0 Å². The smallest absolute Gasteiger partial charge is 0.407 e. The van der Waals surface area contributed by atoms with E-state index in [-0.39, 0.29) is 29.3 Å². The Morgan fingerprint density at radius 2 is 1.97 bits per heavy atom. The summed E-state index contributed by atoms with van der Waals surface area (Å²) in [5.41, 5.74) is 2.40. The van der Waals surface area contributed by atoms with Crippen LogP contribution >= 0.6 is 0 Å². The molecule has 6 nitrogen and oxygen atoms in total. The molecule has 3 unspecified atom stereocenters. The Hall–Kier alpha value is -2.34. The number of carbonyl (C=O) groups is 2. The van der Waals surface area contributed by atoms with E-state index in [1.807, 2.05) is 34.6 Å². The summed E-state index contributed by atoms with van der Waals surface area (Å²) < 4.78 is 11.1. The van der Waals surface area contributed by atoms with Gasteiger partial charge in [0.1, 0.15) is 5.60 Å². The van der Waals surface area contributed by atoms with Crippen molar-refractivity contribution in [2.24, 2.45) is 23.7 Å². The molecule has 0 radical (unpaired) electrons. The summed E-state index contributed by atoms with van der Waals surface area (Å²) in [5.74, 6) is 0.569. The van der Waals surface area contributed by atoms with Gasteiger partial charge in [0.25, 0.3) is 0 Å². The van der Waals surface area contributed by atoms with Crippen LogP contribution in [0.15, 0.2) is 30.3 Å². The van der Waals surface area contributed by atoms with Crippen LogP contribution in [0.5, 0.6) is 0 Å². The summed E-state index contributed by atoms with van der Waals surface area (Å²) in [6.07, 6.45) is 6.93. The van der Waals surface area contributed by atoms with Gasteiger partial charge < -0.3 is 19.7 Å². The molecule has 36 heavy (non-hydrogen) atoms. The van der Waals surface area contributed by atoms with Gasteiger partial charge >= 0.3 is 12.1 Å². The molecular formula is C30H44N2O4. The SMILES string of the molecule is CC(C)COC(=O)C(CCN1CC[C@@]2(C=Cc3ccccc32)[C@@H](C)C1)C1CC1NC(=O)OC(C)(C)C. The van der Waals surface area contributed by atoms with E-state index in [1.165, 1.54) is 11.1 Å². The van der Waals surface area contributed by atoms with Crippen molar-refractivity contribution >= 4 is 18.1 Å². The zero-order valence-corrected chi connectivity index (χ0v) is 22.9. The molecule has 6 heteroatoms. The van der Waals surface area contributed by atoms with E-state index in [4.69, 9.17) is 9.47 Å². The zero-order valence-electron chi connectivity index (χ0n) is 22.9. The first-order valence-electron chi connectivity index (χ1n) is 13.7. The lowest BCUT2D eigenvalue weighted by atomic mass is 9.68. The molecule has 1 saturated carbocycles. The molecule has 3 aliphatic rings. The van der Waals surface area contributed by atoms with Crippen molar-refractivity contribution in [3.05, 3.63) is 41.5 Å². The van der Waals surface area contributed by atoms with Crippen LogP contribution in [0.25, 0.3) is 6.08 Å². The van der Waals surface area contributed by atoms with E-state index < -0.39 is 11.7 Å². The molecule has 1 spiro atoms. The van der Waals surface area contributed by atoms with Crippen molar-refractivity contribution in [3.63, 3.8) is 0 Å². The second kappa shape index (κ2) is 10.6. The van der Waals surface area contributed by atoms with E-state index in [9.17, 15) is 9.59 Å². The van der Waals surface area contributed by atoms with E-state index in [0.29, 0.717) is 18.4 Å². The number of fused-ring (bicyclic) bond motifs is 2. The Balaban J connectivity index is 1.35. The minimum absolute atomic E-state index is 0.0277. The minimum atomic E-state index is -0.540. The van der Waals surface area contributed by atoms with Crippen LogP contribution in [-0.4, -0.2) is 54.8 Å². The van der Waals surface area contributed by atoms with E-state index in [2.05, 4.69) is 53.6 Å². The number of amides is 1. The topological polar surface area (TPSA) is 67.9 Å². The molecule has 1 saturated heterocycles. The van der Waals surface area contributed by atoms with Crippen molar-refractivity contribution in [2.75, 3.05) is 26.2 Å². The van der Waals surface area contributed by atoms with Gasteiger partial charge in [-0.25, -0.2) is 4.79 Å². The third-order valence-corrected chi connectivity index (χ3v) is 7.95. The number of alkyl carbamates (subject to hydrolysis) is 1. The van der Waals surface area contributed by atoms with Gasteiger partial charge in [-0.1, -0.05) is 57.2 Å². The fourth-order valence-corrected chi connectivity index (χ4v) is 5.94. The predicted octanol–water partition coefficient (Wildman–Crippen LogP) is 5.41. The molecule has 2 aliphatic carbocycles. The molecule has 0 aromatic heterocycles. The lowest BCUT2D eigenvalue weighted by Gasteiger charge is -2.44. The predicted molar refractivity (Wildman–Crippen MR) is 143 cm³/mol. The summed E-state index contributed by atoms with van der Waals surface area (Å²) in [5, 5.41) is 2.96. The number of likely N-dealkylation sites (tertiary alicyclic amines) is 1. The van der Waals surface area contributed by atoms with Crippen LogP contribution in [0, 0.1) is 23.7 Å². The Kier molecular flexibility index (Phi) is 7.84. The van der Waals surface area contributed by atoms with E-state index >= 15 is 0 Å². The van der Waals surface area contributed by atoms with Crippen LogP contribution in [-0.2, 0) is 19.7 Å². The lowest BCUT2D eigenvalue weighted by molar-refractivity contribution is -0.151. The number of esters is 1. The highest BCUT2D eigenvalue weighted by Gasteiger charge is 2.48. The average molecular weight is 497 g/mol. The molecule has 4 rings (SSSR count). The quantitative estimate of drug-likeness (QED) is 0.487. The number of hydrogen-bond acceptors (Lipinski definition) is 5. The van der Waals surface area contributed by atoms with Crippen molar-refractivity contribution in [1.29, 1.82) is 0 Å². The van der Waals surface area contributed by atoms with Gasteiger partial charge in [-0.05, 0) is 82.0 Å². The standard InChI is InChI=1S/C30H44N2O4/c1-20(2)19-35-27(33)23(24-17-26(24)31-28(34)36-29(4,5)6)12-15-32-16-14-30(21(3)18-32)13-11-22-9-7-8-10-25(22)30/h7-11,13,20-21,23-24,26H,12,14-19H2,1-6H3,(H,31,34)/t21-,23?,24?,26?,30-/m0/s1. The number of hydrogen-bond donors (Lipinski definition) is 1. The Morgan fingerprint density at radius 3 is 2.67 bits per heavy atom. The maximum absolute atomic E-state index is 13.1. The van der Waals surface area contributed by atoms with Crippen molar-refractivity contribution in [2.45, 2.75) is 77.9 Å². The highest BCUT2D eigenvalue weighted by molar-refractivity contribution is 5.74. The van der Waals surface area contributed by atoms with Gasteiger partial charge in [0, 0.05) is 18.0 Å². The molecule has 1 heterocycles. The Bertz CT molecular complexity index is 981. The first-order valence-corrected chi connectivity index (χ1v) is 13.7. The lowest BCUT2D eigenvalue weighted by Crippen LogP contribution is -2.48. The number of benzene rings is 1. The number of carbonyl (C=O) groups excluding carboxylic acids is 2. The fourth-order valence-electron chi connectivity index (χ4n) is 5.94. The number of piperidine rings is 1. The molecule has 2 fully saturated rings. The molecule has 1 N–H and O–H groups in total. The number of ether oxygens (including phenoxy) is 2. The van der Waals surface area contributed by atoms with Gasteiger partial charge in [0.15, 0.2) is 0 Å². The summed E-state index contributed by atoms with van der Waals surface area (Å²) in [6, 6.07) is 8.73. The summed E-state index contributed by atoms with van der Waals surface area (Å²) >= 11 is 0. The van der Waals surface area contributed by atoms with Gasteiger partial charge in [0.2, 0.25) is 0 Å². The van der Waals surface area contributed by atoms with Crippen molar-refractivity contribution in [1.82, 2.24) is 10.2 Å². The number of nitrogens with one attached hydrogen (secondary N) is 1. The highest BCUT2D eigenvalue weighted by Crippen LogP contribution is 2.47. The highest BCUT2D eigenvalue weighted by atomic mass is 16.6. The third kappa shape index (κ3) is 6.13.